The maximum atomic E-state index is 4.98. The number of hydrogen-bond acceptors (Lipinski definition) is 2. The summed E-state index contributed by atoms with van der Waals surface area (Å²) in [4.78, 5) is 9.76. The molecule has 0 radical (unpaired) electrons. The molecule has 136 valence electrons. The van der Waals surface area contributed by atoms with Gasteiger partial charge in [-0.05, 0) is 51.1 Å². The Hall–Kier alpha value is -0.0400. The molecule has 0 aromatic heterocycles. The molecule has 0 bridgehead atoms. The number of aliphatic imine (C=N–C) groups is 1. The smallest absolute Gasteiger partial charge is 0.193 e. The monoisotopic (exact) mass is 436 g/mol. The van der Waals surface area contributed by atoms with Crippen LogP contribution in [0.15, 0.2) is 4.99 Å². The maximum absolute atomic E-state index is 4.98. The fourth-order valence-electron chi connectivity index (χ4n) is 4.20. The Labute approximate surface area is 160 Å². The zero-order chi connectivity index (χ0) is 16.2. The summed E-state index contributed by atoms with van der Waals surface area (Å²) in [5.41, 5.74) is 0.219. The van der Waals surface area contributed by atoms with E-state index in [1.165, 1.54) is 38.8 Å². The predicted molar refractivity (Wildman–Crippen MR) is 111 cm³/mol. The fourth-order valence-corrected chi connectivity index (χ4v) is 4.20. The van der Waals surface area contributed by atoms with Crippen LogP contribution in [0.25, 0.3) is 0 Å². The van der Waals surface area contributed by atoms with Gasteiger partial charge >= 0.3 is 0 Å². The third-order valence-electron chi connectivity index (χ3n) is 5.01. The van der Waals surface area contributed by atoms with E-state index in [2.05, 4.69) is 50.0 Å². The molecule has 0 aromatic carbocycles. The fraction of sp³-hybridized carbons (Fsp3) is 0.944. The van der Waals surface area contributed by atoms with E-state index in [4.69, 9.17) is 4.99 Å². The topological polar surface area (TPSA) is 30.9 Å². The Balaban J connectivity index is 0.00000264. The largest absolute Gasteiger partial charge is 0.357 e. The van der Waals surface area contributed by atoms with Crippen molar-refractivity contribution in [2.75, 3.05) is 46.8 Å². The van der Waals surface area contributed by atoms with Crippen LogP contribution in [0, 0.1) is 17.3 Å². The Bertz CT molecular complexity index is 367. The first-order valence-corrected chi connectivity index (χ1v) is 9.09. The van der Waals surface area contributed by atoms with Crippen LogP contribution in [0.3, 0.4) is 0 Å². The van der Waals surface area contributed by atoms with Gasteiger partial charge in [-0.15, -0.1) is 24.0 Å². The van der Waals surface area contributed by atoms with Crippen LogP contribution in [0.2, 0.25) is 0 Å². The second-order valence-corrected chi connectivity index (χ2v) is 8.28. The summed E-state index contributed by atoms with van der Waals surface area (Å²) in [6.45, 7) is 12.1. The summed E-state index contributed by atoms with van der Waals surface area (Å²) < 4.78 is 0. The minimum Gasteiger partial charge on any atom is -0.357 e. The first-order chi connectivity index (χ1) is 10.4. The molecular weight excluding hydrogens is 399 g/mol. The van der Waals surface area contributed by atoms with Crippen molar-refractivity contribution in [2.45, 2.75) is 46.5 Å². The van der Waals surface area contributed by atoms with Gasteiger partial charge in [0.05, 0.1) is 0 Å². The Morgan fingerprint density at radius 3 is 2.22 bits per heavy atom. The van der Waals surface area contributed by atoms with Crippen LogP contribution >= 0.6 is 24.0 Å². The quantitative estimate of drug-likeness (QED) is 0.408. The number of halogens is 1. The van der Waals surface area contributed by atoms with Crippen molar-refractivity contribution in [3.05, 3.63) is 0 Å². The molecule has 4 nitrogen and oxygen atoms in total. The van der Waals surface area contributed by atoms with Crippen molar-refractivity contribution in [1.29, 1.82) is 0 Å². The number of nitrogens with one attached hydrogen (secondary N) is 1. The molecule has 5 heteroatoms. The van der Waals surface area contributed by atoms with E-state index in [-0.39, 0.29) is 29.4 Å². The highest BCUT2D eigenvalue weighted by molar-refractivity contribution is 14.0. The lowest BCUT2D eigenvalue weighted by Crippen LogP contribution is -2.41. The molecule has 23 heavy (non-hydrogen) atoms. The van der Waals surface area contributed by atoms with Gasteiger partial charge in [0.25, 0.3) is 0 Å². The molecule has 1 saturated carbocycles. The zero-order valence-corrected chi connectivity index (χ0v) is 18.1. The summed E-state index contributed by atoms with van der Waals surface area (Å²) in [6.07, 6.45) is 5.70. The lowest BCUT2D eigenvalue weighted by molar-refractivity contribution is 0.248. The summed E-state index contributed by atoms with van der Waals surface area (Å²) in [6, 6.07) is 0. The molecule has 2 atom stereocenters. The van der Waals surface area contributed by atoms with Crippen molar-refractivity contribution in [1.82, 2.24) is 15.1 Å². The molecule has 2 rings (SSSR count). The van der Waals surface area contributed by atoms with Gasteiger partial charge in [0.1, 0.15) is 0 Å². The molecular formula is C18H37IN4. The van der Waals surface area contributed by atoms with Gasteiger partial charge in [0.2, 0.25) is 0 Å². The first kappa shape index (κ1) is 21.0. The number of likely N-dealkylation sites (tertiary alicyclic amines) is 1. The second-order valence-electron chi connectivity index (χ2n) is 8.28. The van der Waals surface area contributed by atoms with E-state index < -0.39 is 0 Å². The number of nitrogens with zero attached hydrogens (tertiary/aromatic N) is 3. The molecule has 2 unspecified atom stereocenters. The van der Waals surface area contributed by atoms with E-state index in [1.807, 2.05) is 0 Å². The molecule has 0 aromatic rings. The predicted octanol–water partition coefficient (Wildman–Crippen LogP) is 3.28. The van der Waals surface area contributed by atoms with Gasteiger partial charge < -0.3 is 15.1 Å². The highest BCUT2D eigenvalue weighted by Gasteiger charge is 2.35. The van der Waals surface area contributed by atoms with Gasteiger partial charge in [-0.3, -0.25) is 4.99 Å². The zero-order valence-electron chi connectivity index (χ0n) is 15.8. The first-order valence-electron chi connectivity index (χ1n) is 9.09. The number of hydrogen-bond donors (Lipinski definition) is 1. The lowest BCUT2D eigenvalue weighted by atomic mass is 9.82. The summed E-state index contributed by atoms with van der Waals surface area (Å²) in [5, 5.41) is 3.52. The summed E-state index contributed by atoms with van der Waals surface area (Å²) >= 11 is 0. The van der Waals surface area contributed by atoms with Gasteiger partial charge in [0.15, 0.2) is 5.96 Å². The molecule has 2 fully saturated rings. The molecule has 1 aliphatic heterocycles. The second kappa shape index (κ2) is 9.44. The third kappa shape index (κ3) is 6.40. The molecule has 1 aliphatic carbocycles. The number of guanidine groups is 1. The van der Waals surface area contributed by atoms with Crippen LogP contribution < -0.4 is 5.32 Å². The maximum Gasteiger partial charge on any atom is 0.193 e. The SMILES string of the molecule is CCNC(=NCC(C)(C)CN(C)C)N1CC2CCCCC2C1.I. The Morgan fingerprint density at radius 1 is 1.17 bits per heavy atom. The minimum absolute atomic E-state index is 0. The summed E-state index contributed by atoms with van der Waals surface area (Å²) in [7, 11) is 4.28. The lowest BCUT2D eigenvalue weighted by Gasteiger charge is -2.28. The van der Waals surface area contributed by atoms with E-state index in [0.29, 0.717) is 0 Å². The Kier molecular flexibility index (Phi) is 8.63. The molecule has 0 spiro atoms. The standard InChI is InChI=1S/C18H36N4.HI/c1-6-19-17(20-13-18(2,3)14-21(4)5)22-11-15-9-7-8-10-16(15)12-22;/h15-16H,6-14H2,1-5H3,(H,19,20);1H. The minimum atomic E-state index is 0. The van der Waals surface area contributed by atoms with Crippen molar-refractivity contribution in [3.63, 3.8) is 0 Å². The van der Waals surface area contributed by atoms with Crippen molar-refractivity contribution >= 4 is 29.9 Å². The van der Waals surface area contributed by atoms with Crippen molar-refractivity contribution in [3.8, 4) is 0 Å². The Morgan fingerprint density at radius 2 is 1.74 bits per heavy atom. The normalized spacial score (nSPS) is 25.3. The molecule has 1 heterocycles. The van der Waals surface area contributed by atoms with Crippen LogP contribution in [-0.2, 0) is 0 Å². The number of fused-ring (bicyclic) bond motifs is 1. The highest BCUT2D eigenvalue weighted by Crippen LogP contribution is 2.36. The van der Waals surface area contributed by atoms with Crippen LogP contribution in [0.5, 0.6) is 0 Å². The summed E-state index contributed by atoms with van der Waals surface area (Å²) in [5.74, 6) is 2.96. The molecule has 2 aliphatic rings. The number of rotatable bonds is 5. The molecule has 1 N–H and O–H groups in total. The van der Waals surface area contributed by atoms with Crippen molar-refractivity contribution < 1.29 is 0 Å². The average molecular weight is 436 g/mol. The van der Waals surface area contributed by atoms with Crippen molar-refractivity contribution in [2.24, 2.45) is 22.2 Å². The van der Waals surface area contributed by atoms with Crippen LogP contribution in [-0.4, -0.2) is 62.6 Å². The van der Waals surface area contributed by atoms with E-state index >= 15 is 0 Å². The van der Waals surface area contributed by atoms with E-state index in [1.54, 1.807) is 0 Å². The van der Waals surface area contributed by atoms with Crippen LogP contribution in [0.1, 0.15) is 46.5 Å². The van der Waals surface area contributed by atoms with E-state index in [9.17, 15) is 0 Å². The highest BCUT2D eigenvalue weighted by atomic mass is 127. The van der Waals surface area contributed by atoms with Gasteiger partial charge in [-0.1, -0.05) is 26.7 Å². The van der Waals surface area contributed by atoms with E-state index in [0.717, 1.165) is 37.4 Å². The third-order valence-corrected chi connectivity index (χ3v) is 5.01. The molecule has 0 amide bonds. The van der Waals surface area contributed by atoms with Gasteiger partial charge in [-0.2, -0.15) is 0 Å². The van der Waals surface area contributed by atoms with Gasteiger partial charge in [0, 0.05) is 32.7 Å². The average Bonchev–Trinajstić information content (AvgIpc) is 2.85. The molecule has 1 saturated heterocycles. The van der Waals surface area contributed by atoms with Crippen LogP contribution in [0.4, 0.5) is 0 Å². The van der Waals surface area contributed by atoms with Gasteiger partial charge in [-0.25, -0.2) is 0 Å².